The minimum Gasteiger partial charge on any atom is -0.339 e. The summed E-state index contributed by atoms with van der Waals surface area (Å²) in [7, 11) is 0. The normalized spacial score (nSPS) is 15.9. The minimum atomic E-state index is 0.0528. The molecule has 1 aromatic heterocycles. The largest absolute Gasteiger partial charge is 0.339 e. The van der Waals surface area contributed by atoms with Crippen LogP contribution in [-0.4, -0.2) is 29.0 Å². The van der Waals surface area contributed by atoms with E-state index in [4.69, 9.17) is 11.6 Å². The van der Waals surface area contributed by atoms with Gasteiger partial charge in [0.25, 0.3) is 0 Å². The Morgan fingerprint density at radius 3 is 2.75 bits per heavy atom. The van der Waals surface area contributed by atoms with Gasteiger partial charge in [0.15, 0.2) is 5.82 Å². The lowest BCUT2D eigenvalue weighted by atomic mass is 9.96. The van der Waals surface area contributed by atoms with Crippen molar-refractivity contribution in [2.75, 3.05) is 29.0 Å². The number of carbonyl (C=O) groups is 1. The summed E-state index contributed by atoms with van der Waals surface area (Å²) in [5, 5.41) is 13.5. The number of hydrogen-bond acceptors (Lipinski definition) is 6. The van der Waals surface area contributed by atoms with Gasteiger partial charge in [-0.15, -0.1) is 0 Å². The molecule has 7 nitrogen and oxygen atoms in total. The van der Waals surface area contributed by atoms with Gasteiger partial charge in [0.1, 0.15) is 5.02 Å². The Morgan fingerprint density at radius 1 is 1.03 bits per heavy atom. The van der Waals surface area contributed by atoms with E-state index in [-0.39, 0.29) is 11.8 Å². The topological polar surface area (TPSA) is 91.0 Å². The number of piperidine rings is 1. The molecule has 1 amide bonds. The van der Waals surface area contributed by atoms with E-state index < -0.39 is 0 Å². The van der Waals surface area contributed by atoms with Gasteiger partial charge >= 0.3 is 0 Å². The number of aromatic nitrogens is 2. The van der Waals surface area contributed by atoms with Crippen LogP contribution in [0.5, 0.6) is 0 Å². The molecular formula is C24H25ClN6O. The van der Waals surface area contributed by atoms with Gasteiger partial charge < -0.3 is 21.3 Å². The lowest BCUT2D eigenvalue weighted by molar-refractivity contribution is -0.120. The van der Waals surface area contributed by atoms with Crippen LogP contribution < -0.4 is 21.3 Å². The van der Waals surface area contributed by atoms with Crippen molar-refractivity contribution in [3.05, 3.63) is 64.8 Å². The Kier molecular flexibility index (Phi) is 5.92. The summed E-state index contributed by atoms with van der Waals surface area (Å²) in [6.45, 7) is 1.78. The molecular weight excluding hydrogens is 424 g/mol. The third kappa shape index (κ3) is 4.69. The number of amides is 1. The molecule has 0 aliphatic carbocycles. The molecule has 5 rings (SSSR count). The molecule has 3 aromatic rings. The van der Waals surface area contributed by atoms with Gasteiger partial charge in [-0.1, -0.05) is 23.7 Å². The number of hydrogen-bond donors (Lipinski definition) is 4. The summed E-state index contributed by atoms with van der Waals surface area (Å²) in [5.74, 6) is 1.15. The van der Waals surface area contributed by atoms with Gasteiger partial charge in [0.05, 0.1) is 6.20 Å². The molecule has 32 heavy (non-hydrogen) atoms. The molecule has 0 saturated carbocycles. The molecule has 4 N–H and O–H groups in total. The highest BCUT2D eigenvalue weighted by Gasteiger charge is 2.22. The first-order valence-electron chi connectivity index (χ1n) is 10.9. The number of benzene rings is 2. The Morgan fingerprint density at radius 2 is 1.88 bits per heavy atom. The lowest BCUT2D eigenvalue weighted by Gasteiger charge is -2.23. The zero-order chi connectivity index (χ0) is 21.9. The van der Waals surface area contributed by atoms with Crippen LogP contribution in [0.15, 0.2) is 48.7 Å². The molecule has 0 atom stereocenters. The minimum absolute atomic E-state index is 0.0528. The first-order chi connectivity index (χ1) is 15.6. The fourth-order valence-electron chi connectivity index (χ4n) is 4.18. The highest BCUT2D eigenvalue weighted by Crippen LogP contribution is 2.30. The van der Waals surface area contributed by atoms with E-state index in [9.17, 15) is 4.79 Å². The van der Waals surface area contributed by atoms with Crippen LogP contribution in [0.25, 0.3) is 0 Å². The molecule has 1 saturated heterocycles. The van der Waals surface area contributed by atoms with Gasteiger partial charge in [-0.2, -0.15) is 4.98 Å². The van der Waals surface area contributed by atoms with Crippen molar-refractivity contribution in [3.63, 3.8) is 0 Å². The Bertz CT molecular complexity index is 1150. The molecule has 2 aliphatic rings. The maximum absolute atomic E-state index is 12.9. The summed E-state index contributed by atoms with van der Waals surface area (Å²) in [6, 6.07) is 14.2. The second kappa shape index (κ2) is 9.14. The second-order valence-corrected chi connectivity index (χ2v) is 8.63. The van der Waals surface area contributed by atoms with E-state index in [1.807, 2.05) is 24.3 Å². The average Bonchev–Trinajstić information content (AvgIpc) is 2.82. The molecule has 1 fully saturated rings. The van der Waals surface area contributed by atoms with Gasteiger partial charge in [-0.25, -0.2) is 4.98 Å². The zero-order valence-electron chi connectivity index (χ0n) is 17.6. The van der Waals surface area contributed by atoms with Crippen LogP contribution in [0.4, 0.5) is 28.8 Å². The molecule has 6 bridgehead atoms. The van der Waals surface area contributed by atoms with Crippen LogP contribution in [0, 0.1) is 5.92 Å². The van der Waals surface area contributed by atoms with Crippen molar-refractivity contribution < 1.29 is 4.79 Å². The van der Waals surface area contributed by atoms with Gasteiger partial charge in [-0.05, 0) is 80.2 Å². The summed E-state index contributed by atoms with van der Waals surface area (Å²) in [6.07, 6.45) is 4.95. The highest BCUT2D eigenvalue weighted by atomic mass is 35.5. The Balaban J connectivity index is 1.49. The second-order valence-electron chi connectivity index (χ2n) is 8.23. The smallest absolute Gasteiger partial charge is 0.229 e. The van der Waals surface area contributed by atoms with Crippen LogP contribution in [0.3, 0.4) is 0 Å². The average molecular weight is 449 g/mol. The lowest BCUT2D eigenvalue weighted by Crippen LogP contribution is -2.34. The molecule has 0 unspecified atom stereocenters. The van der Waals surface area contributed by atoms with Crippen molar-refractivity contribution in [1.29, 1.82) is 0 Å². The van der Waals surface area contributed by atoms with Crippen LogP contribution >= 0.6 is 11.6 Å². The van der Waals surface area contributed by atoms with Gasteiger partial charge in [-0.3, -0.25) is 4.79 Å². The van der Waals surface area contributed by atoms with Crippen molar-refractivity contribution in [2.45, 2.75) is 25.7 Å². The maximum Gasteiger partial charge on any atom is 0.229 e. The third-order valence-electron chi connectivity index (χ3n) is 5.95. The Labute approximate surface area is 192 Å². The van der Waals surface area contributed by atoms with E-state index in [0.717, 1.165) is 61.4 Å². The fraction of sp³-hybridized carbons (Fsp3) is 0.292. The summed E-state index contributed by atoms with van der Waals surface area (Å²) < 4.78 is 0. The van der Waals surface area contributed by atoms with E-state index in [1.165, 1.54) is 5.56 Å². The Hall–Kier alpha value is -3.16. The van der Waals surface area contributed by atoms with Crippen LogP contribution in [-0.2, 0) is 17.6 Å². The number of aryl methyl sites for hydroxylation is 2. The highest BCUT2D eigenvalue weighted by molar-refractivity contribution is 6.32. The number of anilines is 5. The molecule has 0 spiro atoms. The summed E-state index contributed by atoms with van der Waals surface area (Å²) in [5.41, 5.74) is 4.90. The predicted octanol–water partition coefficient (Wildman–Crippen LogP) is 4.65. The molecule has 2 aliphatic heterocycles. The number of nitrogens with zero attached hydrogens (tertiary/aromatic N) is 2. The van der Waals surface area contributed by atoms with E-state index in [1.54, 1.807) is 6.20 Å². The summed E-state index contributed by atoms with van der Waals surface area (Å²) >= 11 is 6.34. The number of halogens is 1. The van der Waals surface area contributed by atoms with Crippen LogP contribution in [0.2, 0.25) is 5.02 Å². The van der Waals surface area contributed by atoms with Gasteiger partial charge in [0, 0.05) is 23.0 Å². The number of rotatable bonds is 2. The van der Waals surface area contributed by atoms with Crippen molar-refractivity contribution in [1.82, 2.24) is 15.3 Å². The SMILES string of the molecule is O=C(Nc1ccc2cc1CCc1cccc(c1)Nc1ncc(Cl)c(n1)N2)C1CCNCC1. The van der Waals surface area contributed by atoms with E-state index in [0.29, 0.717) is 16.8 Å². The number of fused-ring (bicyclic) bond motifs is 6. The first-order valence-corrected chi connectivity index (χ1v) is 11.3. The zero-order valence-corrected chi connectivity index (χ0v) is 18.4. The van der Waals surface area contributed by atoms with Gasteiger partial charge in [0.2, 0.25) is 11.9 Å². The van der Waals surface area contributed by atoms with Crippen LogP contribution in [0.1, 0.15) is 24.0 Å². The van der Waals surface area contributed by atoms with Crippen molar-refractivity contribution in [2.24, 2.45) is 5.92 Å². The first kappa shape index (κ1) is 20.7. The van der Waals surface area contributed by atoms with E-state index in [2.05, 4.69) is 49.4 Å². The molecule has 3 heterocycles. The predicted molar refractivity (Wildman–Crippen MR) is 128 cm³/mol. The maximum atomic E-state index is 12.9. The molecule has 0 radical (unpaired) electrons. The number of nitrogens with one attached hydrogen (secondary N) is 4. The standard InChI is InChI=1S/C24H25ClN6O/c25-20-14-27-24-29-18-3-1-2-15(12-18)4-5-17-13-19(28-22(20)31-24)6-7-21(17)30-23(32)16-8-10-26-11-9-16/h1-3,6-7,12-14,16,26H,4-5,8-11H2,(H,30,32)(H2,27,28,29,31). The fourth-order valence-corrected chi connectivity index (χ4v) is 4.32. The third-order valence-corrected chi connectivity index (χ3v) is 6.22. The quantitative estimate of drug-likeness (QED) is 0.456. The molecule has 8 heteroatoms. The molecule has 2 aromatic carbocycles. The van der Waals surface area contributed by atoms with Crippen molar-refractivity contribution >= 4 is 46.3 Å². The van der Waals surface area contributed by atoms with Crippen molar-refractivity contribution in [3.8, 4) is 0 Å². The number of carbonyl (C=O) groups excluding carboxylic acids is 1. The molecule has 164 valence electrons. The summed E-state index contributed by atoms with van der Waals surface area (Å²) in [4.78, 5) is 21.7. The monoisotopic (exact) mass is 448 g/mol. The van der Waals surface area contributed by atoms with E-state index >= 15 is 0 Å².